The number of carbonyl (C=O) groups is 3. The summed E-state index contributed by atoms with van der Waals surface area (Å²) in [5.41, 5.74) is 4.56. The van der Waals surface area contributed by atoms with Gasteiger partial charge in [0.2, 0.25) is 5.91 Å². The van der Waals surface area contributed by atoms with Crippen molar-refractivity contribution in [3.63, 3.8) is 0 Å². The van der Waals surface area contributed by atoms with Crippen molar-refractivity contribution < 1.29 is 29.3 Å². The molecule has 176 valence electrons. The summed E-state index contributed by atoms with van der Waals surface area (Å²) >= 11 is 0. The fourth-order valence-corrected chi connectivity index (χ4v) is 5.29. The molecule has 34 heavy (non-hydrogen) atoms. The lowest BCUT2D eigenvalue weighted by Gasteiger charge is -2.24. The van der Waals surface area contributed by atoms with E-state index in [1.54, 1.807) is 12.2 Å². The van der Waals surface area contributed by atoms with E-state index < -0.39 is 30.1 Å². The molecular weight excluding hydrogens is 436 g/mol. The molecule has 1 fully saturated rings. The molecule has 1 heterocycles. The van der Waals surface area contributed by atoms with Gasteiger partial charge < -0.3 is 25.2 Å². The molecule has 0 saturated carbocycles. The monoisotopic (exact) mass is 462 g/mol. The van der Waals surface area contributed by atoms with Gasteiger partial charge in [0, 0.05) is 18.9 Å². The van der Waals surface area contributed by atoms with Crippen LogP contribution < -0.4 is 5.32 Å². The van der Waals surface area contributed by atoms with Crippen LogP contribution in [0.15, 0.2) is 60.7 Å². The highest BCUT2D eigenvalue weighted by molar-refractivity contribution is 5.87. The van der Waals surface area contributed by atoms with Gasteiger partial charge in [0.1, 0.15) is 12.6 Å². The minimum absolute atomic E-state index is 0.00458. The van der Waals surface area contributed by atoms with Crippen LogP contribution in [0.3, 0.4) is 0 Å². The van der Waals surface area contributed by atoms with Crippen LogP contribution in [0.2, 0.25) is 0 Å². The number of aliphatic hydroxyl groups excluding tert-OH is 1. The number of hydrogen-bond acceptors (Lipinski definition) is 5. The molecule has 0 spiro atoms. The van der Waals surface area contributed by atoms with Gasteiger partial charge in [0.15, 0.2) is 0 Å². The lowest BCUT2D eigenvalue weighted by molar-refractivity contribution is -0.149. The Labute approximate surface area is 196 Å². The number of carboxylic acids is 1. The van der Waals surface area contributed by atoms with Crippen molar-refractivity contribution in [2.75, 3.05) is 13.2 Å². The average Bonchev–Trinajstić information content (AvgIpc) is 3.53. The van der Waals surface area contributed by atoms with Crippen LogP contribution in [0.5, 0.6) is 0 Å². The molecule has 3 aliphatic rings. The van der Waals surface area contributed by atoms with E-state index in [4.69, 9.17) is 4.74 Å². The number of benzene rings is 2. The Morgan fingerprint density at radius 3 is 2.26 bits per heavy atom. The number of β-amino-alcohol motifs (C(OH)–C–C–N with tert-alkyl or cyclic N) is 1. The first-order valence-electron chi connectivity index (χ1n) is 11.4. The van der Waals surface area contributed by atoms with Crippen LogP contribution >= 0.6 is 0 Å². The predicted octanol–water partition coefficient (Wildman–Crippen LogP) is 2.52. The molecule has 1 saturated heterocycles. The minimum atomic E-state index is -1.12. The number of amides is 2. The van der Waals surface area contributed by atoms with Crippen molar-refractivity contribution in [3.05, 3.63) is 71.8 Å². The number of nitrogens with one attached hydrogen (secondary N) is 1. The Bertz CT molecular complexity index is 1120. The smallest absolute Gasteiger partial charge is 0.407 e. The van der Waals surface area contributed by atoms with Gasteiger partial charge in [-0.3, -0.25) is 4.79 Å². The van der Waals surface area contributed by atoms with Gasteiger partial charge in [-0.15, -0.1) is 0 Å². The normalized spacial score (nSPS) is 25.1. The standard InChI is InChI=1S/C26H26N2O6/c29-17-12-23(25(31)32)28(13-17)24(30)15-9-10-16(11-15)27-26(33)34-14-22-20-7-3-1-5-18(20)19-6-2-4-8-21(19)22/h1-10,15-17,22-23,29H,11-14H2,(H,27,33)(H,31,32)/t15?,16?,17-,23-/m0/s1. The summed E-state index contributed by atoms with van der Waals surface area (Å²) in [6.07, 6.45) is 2.35. The van der Waals surface area contributed by atoms with Crippen LogP contribution in [-0.4, -0.2) is 64.4 Å². The van der Waals surface area contributed by atoms with Crippen molar-refractivity contribution in [1.82, 2.24) is 10.2 Å². The molecule has 2 unspecified atom stereocenters. The zero-order valence-corrected chi connectivity index (χ0v) is 18.5. The average molecular weight is 463 g/mol. The lowest BCUT2D eigenvalue weighted by Crippen LogP contribution is -2.44. The summed E-state index contributed by atoms with van der Waals surface area (Å²) in [7, 11) is 0. The number of carboxylic acid groups (broad SMARTS) is 1. The van der Waals surface area contributed by atoms with Gasteiger partial charge in [0.25, 0.3) is 0 Å². The minimum Gasteiger partial charge on any atom is -0.480 e. The number of hydrogen-bond donors (Lipinski definition) is 3. The van der Waals surface area contributed by atoms with E-state index in [1.807, 2.05) is 24.3 Å². The SMILES string of the molecule is O=C(NC1C=CC(C(=O)N2C[C@@H](O)C[C@H]2C(=O)O)C1)OCC1c2ccccc2-c2ccccc21. The van der Waals surface area contributed by atoms with Crippen LogP contribution in [0.1, 0.15) is 29.9 Å². The van der Waals surface area contributed by atoms with Crippen molar-refractivity contribution in [3.8, 4) is 11.1 Å². The highest BCUT2D eigenvalue weighted by Crippen LogP contribution is 2.44. The molecule has 0 bridgehead atoms. The highest BCUT2D eigenvalue weighted by atomic mass is 16.5. The maximum absolute atomic E-state index is 12.8. The maximum atomic E-state index is 12.8. The molecule has 8 nitrogen and oxygen atoms in total. The van der Waals surface area contributed by atoms with Crippen LogP contribution in [0, 0.1) is 5.92 Å². The largest absolute Gasteiger partial charge is 0.480 e. The van der Waals surface area contributed by atoms with Crippen LogP contribution in [0.25, 0.3) is 11.1 Å². The number of fused-ring (bicyclic) bond motifs is 3. The second-order valence-electron chi connectivity index (χ2n) is 9.04. The Kier molecular flexibility index (Phi) is 5.83. The highest BCUT2D eigenvalue weighted by Gasteiger charge is 2.42. The summed E-state index contributed by atoms with van der Waals surface area (Å²) < 4.78 is 5.57. The van der Waals surface area contributed by atoms with Crippen molar-refractivity contribution in [2.24, 2.45) is 5.92 Å². The molecule has 2 aliphatic carbocycles. The van der Waals surface area contributed by atoms with Gasteiger partial charge in [-0.05, 0) is 28.7 Å². The Morgan fingerprint density at radius 1 is 0.971 bits per heavy atom. The fraction of sp³-hybridized carbons (Fsp3) is 0.346. The number of likely N-dealkylation sites (tertiary alicyclic amines) is 1. The number of alkyl carbamates (subject to hydrolysis) is 1. The number of aliphatic hydroxyl groups is 1. The second-order valence-corrected chi connectivity index (χ2v) is 9.04. The molecular formula is C26H26N2O6. The summed E-state index contributed by atoms with van der Waals surface area (Å²) in [6.45, 7) is 0.204. The zero-order chi connectivity index (χ0) is 23.8. The van der Waals surface area contributed by atoms with E-state index in [0.717, 1.165) is 22.3 Å². The predicted molar refractivity (Wildman–Crippen MR) is 123 cm³/mol. The molecule has 3 N–H and O–H groups in total. The summed E-state index contributed by atoms with van der Waals surface area (Å²) in [5, 5.41) is 21.9. The molecule has 5 rings (SSSR count). The van der Waals surface area contributed by atoms with Gasteiger partial charge >= 0.3 is 12.1 Å². The number of aliphatic carboxylic acids is 1. The summed E-state index contributed by atoms with van der Waals surface area (Å²) in [5.74, 6) is -2.07. The Morgan fingerprint density at radius 2 is 1.62 bits per heavy atom. The molecule has 4 atom stereocenters. The lowest BCUT2D eigenvalue weighted by atomic mass is 9.98. The van der Waals surface area contributed by atoms with Crippen LogP contribution in [0.4, 0.5) is 4.79 Å². The van der Waals surface area contributed by atoms with Gasteiger partial charge in [0.05, 0.1) is 18.1 Å². The molecule has 2 aromatic carbocycles. The van der Waals surface area contributed by atoms with Crippen molar-refractivity contribution >= 4 is 18.0 Å². The molecule has 8 heteroatoms. The molecule has 0 aromatic heterocycles. The number of ether oxygens (including phenoxy) is 1. The second kappa shape index (κ2) is 8.95. The topological polar surface area (TPSA) is 116 Å². The molecule has 2 amide bonds. The van der Waals surface area contributed by atoms with E-state index >= 15 is 0 Å². The van der Waals surface area contributed by atoms with Gasteiger partial charge in [-0.1, -0.05) is 60.7 Å². The maximum Gasteiger partial charge on any atom is 0.407 e. The van der Waals surface area contributed by atoms with E-state index in [1.165, 1.54) is 4.90 Å². The first kappa shape index (κ1) is 22.2. The summed E-state index contributed by atoms with van der Waals surface area (Å²) in [4.78, 5) is 38.0. The van der Waals surface area contributed by atoms with Gasteiger partial charge in [-0.2, -0.15) is 0 Å². The molecule has 0 radical (unpaired) electrons. The van der Waals surface area contributed by atoms with E-state index in [0.29, 0.717) is 6.42 Å². The quantitative estimate of drug-likeness (QED) is 0.588. The first-order chi connectivity index (χ1) is 16.4. The van der Waals surface area contributed by atoms with E-state index in [9.17, 15) is 24.6 Å². The van der Waals surface area contributed by atoms with Crippen LogP contribution in [-0.2, 0) is 14.3 Å². The van der Waals surface area contributed by atoms with E-state index in [-0.39, 0.29) is 37.4 Å². The zero-order valence-electron chi connectivity index (χ0n) is 18.5. The fourth-order valence-electron chi connectivity index (χ4n) is 5.29. The number of rotatable bonds is 5. The number of carbonyl (C=O) groups excluding carboxylic acids is 2. The molecule has 2 aromatic rings. The third-order valence-corrected chi connectivity index (χ3v) is 6.89. The third-order valence-electron chi connectivity index (χ3n) is 6.89. The molecule has 1 aliphatic heterocycles. The Hall–Kier alpha value is -3.65. The summed E-state index contributed by atoms with van der Waals surface area (Å²) in [6, 6.07) is 14.8. The first-order valence-corrected chi connectivity index (χ1v) is 11.4. The number of nitrogens with zero attached hydrogens (tertiary/aromatic N) is 1. The van der Waals surface area contributed by atoms with Crippen molar-refractivity contribution in [1.29, 1.82) is 0 Å². The van der Waals surface area contributed by atoms with Crippen molar-refractivity contribution in [2.45, 2.75) is 36.9 Å². The van der Waals surface area contributed by atoms with Gasteiger partial charge in [-0.25, -0.2) is 9.59 Å². The third kappa shape index (κ3) is 4.05. The Balaban J connectivity index is 1.17. The van der Waals surface area contributed by atoms with E-state index in [2.05, 4.69) is 29.6 Å².